The van der Waals surface area contributed by atoms with Crippen molar-refractivity contribution < 1.29 is 15.3 Å². The van der Waals surface area contributed by atoms with Crippen LogP contribution in [0.1, 0.15) is 18.9 Å². The highest BCUT2D eigenvalue weighted by Crippen LogP contribution is 2.22. The van der Waals surface area contributed by atoms with Crippen LogP contribution in [-0.2, 0) is 6.42 Å². The predicted octanol–water partition coefficient (Wildman–Crippen LogP) is -0.861. The number of aromatic nitrogens is 2. The molecule has 0 aliphatic heterocycles. The maximum Gasteiger partial charge on any atom is 0.135 e. The number of nitrogen functional groups attached to an aromatic ring is 1. The van der Waals surface area contributed by atoms with E-state index in [0.29, 0.717) is 18.1 Å². The minimum absolute atomic E-state index is 0.358. The summed E-state index contributed by atoms with van der Waals surface area (Å²) in [5.41, 5.74) is 5.28. The van der Waals surface area contributed by atoms with E-state index in [1.165, 1.54) is 6.33 Å². The molecule has 0 aliphatic rings. The Hall–Kier alpha value is -1.44. The van der Waals surface area contributed by atoms with Gasteiger partial charge in [0.1, 0.15) is 23.5 Å². The summed E-state index contributed by atoms with van der Waals surface area (Å²) in [7, 11) is 0. The highest BCUT2D eigenvalue weighted by molar-refractivity contribution is 5.56. The molecule has 0 saturated carbocycles. The van der Waals surface area contributed by atoms with Crippen LogP contribution in [-0.4, -0.2) is 50.6 Å². The fourth-order valence-corrected chi connectivity index (χ4v) is 1.55. The van der Waals surface area contributed by atoms with Gasteiger partial charge in [-0.1, -0.05) is 13.3 Å². The number of nitrogens with two attached hydrogens (primary N) is 1. The highest BCUT2D eigenvalue weighted by Gasteiger charge is 2.29. The van der Waals surface area contributed by atoms with Crippen molar-refractivity contribution in [3.63, 3.8) is 0 Å². The van der Waals surface area contributed by atoms with Gasteiger partial charge in [0.15, 0.2) is 0 Å². The zero-order valence-electron chi connectivity index (χ0n) is 10.4. The molecule has 1 heterocycles. The molecule has 7 nitrogen and oxygen atoms in total. The standard InChI is InChI=1S/C11H20N4O3/c1-2-3-8-9(12)13-7-14-10(8)15-11(4-16,5-17)6-18/h7,16-18H,2-6H2,1H3,(H3,12,13,14,15). The van der Waals surface area contributed by atoms with Gasteiger partial charge in [-0.05, 0) is 6.42 Å². The Balaban J connectivity index is 3.05. The number of nitrogens with one attached hydrogen (secondary N) is 1. The van der Waals surface area contributed by atoms with Crippen molar-refractivity contribution in [1.82, 2.24) is 9.97 Å². The molecule has 0 saturated heterocycles. The van der Waals surface area contributed by atoms with E-state index in [-0.39, 0.29) is 0 Å². The minimum atomic E-state index is -1.22. The summed E-state index contributed by atoms with van der Waals surface area (Å²) in [6.45, 7) is 0.730. The summed E-state index contributed by atoms with van der Waals surface area (Å²) in [5.74, 6) is 0.790. The smallest absolute Gasteiger partial charge is 0.135 e. The largest absolute Gasteiger partial charge is 0.394 e. The third-order valence-corrected chi connectivity index (χ3v) is 2.77. The van der Waals surface area contributed by atoms with Crippen LogP contribution in [0.5, 0.6) is 0 Å². The second-order valence-electron chi connectivity index (χ2n) is 4.22. The van der Waals surface area contributed by atoms with Crippen molar-refractivity contribution in [3.05, 3.63) is 11.9 Å². The molecular formula is C11H20N4O3. The van der Waals surface area contributed by atoms with E-state index in [1.54, 1.807) is 0 Å². The predicted molar refractivity (Wildman–Crippen MR) is 68.1 cm³/mol. The second kappa shape index (κ2) is 6.48. The molecule has 18 heavy (non-hydrogen) atoms. The average molecular weight is 256 g/mol. The molecule has 0 fully saturated rings. The minimum Gasteiger partial charge on any atom is -0.394 e. The number of aliphatic hydroxyl groups is 3. The molecule has 0 spiro atoms. The molecule has 1 rings (SSSR count). The van der Waals surface area contributed by atoms with Crippen molar-refractivity contribution in [2.75, 3.05) is 30.9 Å². The van der Waals surface area contributed by atoms with Crippen molar-refractivity contribution >= 4 is 11.6 Å². The Labute approximate surface area is 106 Å². The summed E-state index contributed by atoms with van der Waals surface area (Å²) in [5, 5.41) is 30.7. The molecule has 0 amide bonds. The molecule has 1 aromatic heterocycles. The van der Waals surface area contributed by atoms with Gasteiger partial charge in [-0.15, -0.1) is 0 Å². The Kier molecular flexibility index (Phi) is 5.26. The van der Waals surface area contributed by atoms with Crippen molar-refractivity contribution in [3.8, 4) is 0 Å². The first-order chi connectivity index (χ1) is 8.62. The molecule has 0 aromatic carbocycles. The lowest BCUT2D eigenvalue weighted by atomic mass is 10.0. The van der Waals surface area contributed by atoms with E-state index in [9.17, 15) is 15.3 Å². The van der Waals surface area contributed by atoms with Crippen LogP contribution in [0.25, 0.3) is 0 Å². The third-order valence-electron chi connectivity index (χ3n) is 2.77. The van der Waals surface area contributed by atoms with Gasteiger partial charge in [-0.3, -0.25) is 0 Å². The number of nitrogens with zero attached hydrogens (tertiary/aromatic N) is 2. The van der Waals surface area contributed by atoms with E-state index in [0.717, 1.165) is 12.0 Å². The zero-order chi connectivity index (χ0) is 13.6. The maximum atomic E-state index is 9.27. The summed E-state index contributed by atoms with van der Waals surface area (Å²) in [6.07, 6.45) is 2.83. The van der Waals surface area contributed by atoms with Crippen molar-refractivity contribution in [1.29, 1.82) is 0 Å². The molecule has 6 N–H and O–H groups in total. The van der Waals surface area contributed by atoms with E-state index in [4.69, 9.17) is 5.73 Å². The van der Waals surface area contributed by atoms with Gasteiger partial charge in [0, 0.05) is 5.56 Å². The van der Waals surface area contributed by atoms with Gasteiger partial charge in [0.2, 0.25) is 0 Å². The first-order valence-electron chi connectivity index (χ1n) is 5.82. The normalized spacial score (nSPS) is 11.6. The fourth-order valence-electron chi connectivity index (χ4n) is 1.55. The Morgan fingerprint density at radius 1 is 1.22 bits per heavy atom. The Morgan fingerprint density at radius 2 is 1.83 bits per heavy atom. The van der Waals surface area contributed by atoms with Gasteiger partial charge >= 0.3 is 0 Å². The Morgan fingerprint density at radius 3 is 2.33 bits per heavy atom. The SMILES string of the molecule is CCCc1c(N)ncnc1NC(CO)(CO)CO. The highest BCUT2D eigenvalue weighted by atomic mass is 16.3. The van der Waals surface area contributed by atoms with E-state index in [2.05, 4.69) is 15.3 Å². The van der Waals surface area contributed by atoms with Gasteiger partial charge in [-0.25, -0.2) is 9.97 Å². The van der Waals surface area contributed by atoms with Crippen LogP contribution in [0.2, 0.25) is 0 Å². The summed E-state index contributed by atoms with van der Waals surface area (Å²) >= 11 is 0. The first kappa shape index (κ1) is 14.6. The summed E-state index contributed by atoms with van der Waals surface area (Å²) in [6, 6.07) is 0. The van der Waals surface area contributed by atoms with Crippen molar-refractivity contribution in [2.45, 2.75) is 25.3 Å². The molecule has 0 atom stereocenters. The lowest BCUT2D eigenvalue weighted by Crippen LogP contribution is -2.49. The van der Waals surface area contributed by atoms with Crippen LogP contribution < -0.4 is 11.1 Å². The van der Waals surface area contributed by atoms with E-state index in [1.807, 2.05) is 6.92 Å². The van der Waals surface area contributed by atoms with E-state index < -0.39 is 25.4 Å². The maximum absolute atomic E-state index is 9.27. The van der Waals surface area contributed by atoms with Crippen LogP contribution in [0.3, 0.4) is 0 Å². The molecule has 102 valence electrons. The fraction of sp³-hybridized carbons (Fsp3) is 0.636. The van der Waals surface area contributed by atoms with Crippen LogP contribution >= 0.6 is 0 Å². The van der Waals surface area contributed by atoms with Gasteiger partial charge in [-0.2, -0.15) is 0 Å². The van der Waals surface area contributed by atoms with Crippen LogP contribution in [0.4, 0.5) is 11.6 Å². The summed E-state index contributed by atoms with van der Waals surface area (Å²) < 4.78 is 0. The van der Waals surface area contributed by atoms with Crippen molar-refractivity contribution in [2.24, 2.45) is 0 Å². The zero-order valence-corrected chi connectivity index (χ0v) is 10.4. The number of hydrogen-bond acceptors (Lipinski definition) is 7. The molecule has 0 aliphatic carbocycles. The quantitative estimate of drug-likeness (QED) is 0.430. The Bertz CT molecular complexity index is 374. The lowest BCUT2D eigenvalue weighted by molar-refractivity contribution is 0.0830. The third kappa shape index (κ3) is 3.06. The number of anilines is 2. The van der Waals surface area contributed by atoms with Crippen LogP contribution in [0, 0.1) is 0 Å². The molecule has 0 unspecified atom stereocenters. The average Bonchev–Trinajstić information content (AvgIpc) is 2.40. The van der Waals surface area contributed by atoms with Gasteiger partial charge in [0.05, 0.1) is 19.8 Å². The number of aliphatic hydroxyl groups excluding tert-OH is 3. The molecule has 0 bridgehead atoms. The van der Waals surface area contributed by atoms with Gasteiger partial charge in [0.25, 0.3) is 0 Å². The monoisotopic (exact) mass is 256 g/mol. The van der Waals surface area contributed by atoms with Gasteiger partial charge < -0.3 is 26.4 Å². The number of rotatable bonds is 7. The topological polar surface area (TPSA) is 125 Å². The molecule has 1 aromatic rings. The lowest BCUT2D eigenvalue weighted by Gasteiger charge is -2.30. The van der Waals surface area contributed by atoms with E-state index >= 15 is 0 Å². The summed E-state index contributed by atoms with van der Waals surface area (Å²) in [4.78, 5) is 7.96. The molecule has 0 radical (unpaired) electrons. The van der Waals surface area contributed by atoms with Crippen LogP contribution in [0.15, 0.2) is 6.33 Å². The number of hydrogen-bond donors (Lipinski definition) is 5. The second-order valence-corrected chi connectivity index (χ2v) is 4.22. The molecule has 7 heteroatoms. The molecular weight excluding hydrogens is 236 g/mol. The first-order valence-corrected chi connectivity index (χ1v) is 5.82.